The Bertz CT molecular complexity index is 421. The van der Waals surface area contributed by atoms with Crippen LogP contribution in [-0.4, -0.2) is 0 Å². The van der Waals surface area contributed by atoms with Crippen molar-refractivity contribution in [2.24, 2.45) is 47.3 Å². The van der Waals surface area contributed by atoms with Crippen LogP contribution in [0.5, 0.6) is 0 Å². The van der Waals surface area contributed by atoms with Gasteiger partial charge in [-0.3, -0.25) is 0 Å². The van der Waals surface area contributed by atoms with Crippen LogP contribution in [0, 0.1) is 47.3 Å². The molecule has 0 nitrogen and oxygen atoms in total. The molecule has 0 bridgehead atoms. The summed E-state index contributed by atoms with van der Waals surface area (Å²) in [5.41, 5.74) is 0. The van der Waals surface area contributed by atoms with Gasteiger partial charge in [0.1, 0.15) is 0 Å². The van der Waals surface area contributed by atoms with E-state index in [2.05, 4.69) is 55.4 Å². The summed E-state index contributed by atoms with van der Waals surface area (Å²) in [4.78, 5) is 0. The van der Waals surface area contributed by atoms with Gasteiger partial charge in [-0.2, -0.15) is 0 Å². The maximum Gasteiger partial charge on any atom is -0.0391 e. The molecule has 0 spiro atoms. The van der Waals surface area contributed by atoms with Crippen molar-refractivity contribution in [1.82, 2.24) is 0 Å². The summed E-state index contributed by atoms with van der Waals surface area (Å²) in [6.07, 6.45) is 26.9. The van der Waals surface area contributed by atoms with Crippen molar-refractivity contribution in [2.75, 3.05) is 0 Å². The molecule has 4 saturated carbocycles. The Morgan fingerprint density at radius 3 is 0.618 bits per heavy atom. The molecule has 0 amide bonds. The summed E-state index contributed by atoms with van der Waals surface area (Å²) < 4.78 is 0. The minimum Gasteiger partial charge on any atom is -0.0625 e. The van der Waals surface area contributed by atoms with Gasteiger partial charge >= 0.3 is 0 Å². The average molecular weight is 477 g/mol. The van der Waals surface area contributed by atoms with Gasteiger partial charge in [0.2, 0.25) is 0 Å². The highest BCUT2D eigenvalue weighted by Gasteiger charge is 2.20. The van der Waals surface area contributed by atoms with Gasteiger partial charge in [-0.15, -0.1) is 0 Å². The molecule has 4 rings (SSSR count). The highest BCUT2D eigenvalue weighted by molar-refractivity contribution is 4.72. The van der Waals surface area contributed by atoms with E-state index in [1.165, 1.54) is 116 Å². The molecule has 0 heteroatoms. The van der Waals surface area contributed by atoms with Crippen molar-refractivity contribution in [3.05, 3.63) is 0 Å². The number of hydrogen-bond donors (Lipinski definition) is 0. The molecule has 4 aliphatic carbocycles. The van der Waals surface area contributed by atoms with Crippen LogP contribution in [0.3, 0.4) is 0 Å². The van der Waals surface area contributed by atoms with Gasteiger partial charge in [0.05, 0.1) is 0 Å². The van der Waals surface area contributed by atoms with E-state index in [-0.39, 0.29) is 0 Å². The average Bonchev–Trinajstić information content (AvgIpc) is 3.17. The van der Waals surface area contributed by atoms with E-state index in [9.17, 15) is 0 Å². The quantitative estimate of drug-likeness (QED) is 0.354. The van der Waals surface area contributed by atoms with Crippen molar-refractivity contribution in [2.45, 2.75) is 171 Å². The zero-order valence-electron chi connectivity index (χ0n) is 25.3. The van der Waals surface area contributed by atoms with Gasteiger partial charge in [-0.25, -0.2) is 0 Å². The number of rotatable bonds is 4. The molecule has 0 unspecified atom stereocenters. The summed E-state index contributed by atoms with van der Waals surface area (Å²) >= 11 is 0. The van der Waals surface area contributed by atoms with Crippen LogP contribution in [0.2, 0.25) is 0 Å². The molecule has 0 aromatic carbocycles. The molecule has 0 aromatic heterocycles. The smallest absolute Gasteiger partial charge is 0.0391 e. The molecule has 0 atom stereocenters. The molecular weight excluding hydrogens is 408 g/mol. The number of hydrogen-bond acceptors (Lipinski definition) is 0. The van der Waals surface area contributed by atoms with Crippen molar-refractivity contribution in [1.29, 1.82) is 0 Å². The predicted octanol–water partition coefficient (Wildman–Crippen LogP) is 12.1. The summed E-state index contributed by atoms with van der Waals surface area (Å²) in [6.45, 7) is 18.8. The van der Waals surface area contributed by atoms with Crippen molar-refractivity contribution in [3.8, 4) is 0 Å². The summed E-state index contributed by atoms with van der Waals surface area (Å²) in [7, 11) is 0. The van der Waals surface area contributed by atoms with Gasteiger partial charge in [0.15, 0.2) is 0 Å². The molecular formula is C34H68. The maximum absolute atomic E-state index is 2.37. The first-order valence-corrected chi connectivity index (χ1v) is 16.2. The third-order valence-electron chi connectivity index (χ3n) is 9.87. The van der Waals surface area contributed by atoms with Crippen LogP contribution in [0.4, 0.5) is 0 Å². The lowest BCUT2D eigenvalue weighted by Crippen LogP contribution is -2.16. The third-order valence-corrected chi connectivity index (χ3v) is 9.87. The topological polar surface area (TPSA) is 0 Å². The second-order valence-corrected chi connectivity index (χ2v) is 13.9. The fourth-order valence-corrected chi connectivity index (χ4v) is 6.51. The van der Waals surface area contributed by atoms with Gasteiger partial charge in [-0.1, -0.05) is 171 Å². The standard InChI is InChI=1S/C10H20.C9H18.C8H16.C7H14/c1-9(2)10-7-5-3-4-6-8-10;1-8(2)9-6-4-3-5-7-9;1-7(2)8-5-3-4-6-8;1-6(2)7-4-3-5-7/h9-10H,3-8H2,1-2H3;8-9H,3-7H2,1-2H3;7-8H,3-6H2,1-2H3;6-7H,3-5H2,1-2H3. The fraction of sp³-hybridized carbons (Fsp3) is 1.00. The lowest BCUT2D eigenvalue weighted by Gasteiger charge is -2.28. The Balaban J connectivity index is 0.000000228. The molecule has 0 N–H and O–H groups in total. The minimum absolute atomic E-state index is 0.929. The Morgan fingerprint density at radius 1 is 0.265 bits per heavy atom. The lowest BCUT2D eigenvalue weighted by atomic mass is 9.78. The van der Waals surface area contributed by atoms with Gasteiger partial charge < -0.3 is 0 Å². The third kappa shape index (κ3) is 14.5. The van der Waals surface area contributed by atoms with E-state index in [0.717, 1.165) is 47.3 Å². The Labute approximate surface area is 218 Å². The molecule has 34 heavy (non-hydrogen) atoms. The first-order valence-electron chi connectivity index (χ1n) is 16.2. The predicted molar refractivity (Wildman–Crippen MR) is 156 cm³/mol. The normalized spacial score (nSPS) is 22.9. The second-order valence-electron chi connectivity index (χ2n) is 13.9. The monoisotopic (exact) mass is 477 g/mol. The summed E-state index contributed by atoms with van der Waals surface area (Å²) in [5, 5.41) is 0. The molecule has 4 fully saturated rings. The van der Waals surface area contributed by atoms with Crippen LogP contribution in [0.1, 0.15) is 171 Å². The lowest BCUT2D eigenvalue weighted by molar-refractivity contribution is 0.235. The van der Waals surface area contributed by atoms with Crippen LogP contribution >= 0.6 is 0 Å². The van der Waals surface area contributed by atoms with Gasteiger partial charge in [0, 0.05) is 0 Å². The van der Waals surface area contributed by atoms with Gasteiger partial charge in [0.25, 0.3) is 0 Å². The van der Waals surface area contributed by atoms with E-state index in [1.807, 2.05) is 0 Å². The van der Waals surface area contributed by atoms with Crippen LogP contribution in [-0.2, 0) is 0 Å². The highest BCUT2D eigenvalue weighted by atomic mass is 14.3. The largest absolute Gasteiger partial charge is 0.0625 e. The zero-order valence-corrected chi connectivity index (χ0v) is 25.3. The van der Waals surface area contributed by atoms with Gasteiger partial charge in [-0.05, 0) is 47.3 Å². The molecule has 204 valence electrons. The summed E-state index contributed by atoms with van der Waals surface area (Å²) in [6, 6.07) is 0. The Kier molecular flexibility index (Phi) is 18.0. The van der Waals surface area contributed by atoms with Crippen molar-refractivity contribution < 1.29 is 0 Å². The molecule has 0 heterocycles. The fourth-order valence-electron chi connectivity index (χ4n) is 6.51. The Morgan fingerprint density at radius 2 is 0.441 bits per heavy atom. The first-order chi connectivity index (χ1) is 16.2. The van der Waals surface area contributed by atoms with Crippen LogP contribution in [0.25, 0.3) is 0 Å². The van der Waals surface area contributed by atoms with E-state index in [1.54, 1.807) is 0 Å². The summed E-state index contributed by atoms with van der Waals surface area (Å²) in [5.74, 6) is 8.01. The zero-order chi connectivity index (χ0) is 25.3. The highest BCUT2D eigenvalue weighted by Crippen LogP contribution is 2.33. The maximum atomic E-state index is 2.37. The van der Waals surface area contributed by atoms with Crippen molar-refractivity contribution in [3.63, 3.8) is 0 Å². The van der Waals surface area contributed by atoms with Crippen LogP contribution < -0.4 is 0 Å². The Hall–Kier alpha value is 0. The van der Waals surface area contributed by atoms with E-state index >= 15 is 0 Å². The second kappa shape index (κ2) is 19.2. The minimum atomic E-state index is 0.929. The molecule has 0 radical (unpaired) electrons. The van der Waals surface area contributed by atoms with Crippen molar-refractivity contribution >= 4 is 0 Å². The SMILES string of the molecule is CC(C)C1CCC1.CC(C)C1CCCC1.CC(C)C1CCCCC1.CC(C)C1CCCCCC1. The molecule has 4 aliphatic rings. The molecule has 0 aromatic rings. The van der Waals surface area contributed by atoms with Crippen LogP contribution in [0.15, 0.2) is 0 Å². The molecule has 0 saturated heterocycles. The first kappa shape index (κ1) is 32.0. The molecule has 0 aliphatic heterocycles. The van der Waals surface area contributed by atoms with E-state index in [0.29, 0.717) is 0 Å². The van der Waals surface area contributed by atoms with E-state index < -0.39 is 0 Å². The van der Waals surface area contributed by atoms with E-state index in [4.69, 9.17) is 0 Å².